The minimum Gasteiger partial charge on any atom is -0.452 e. The highest BCUT2D eigenvalue weighted by Crippen LogP contribution is 2.23. The smallest absolute Gasteiger partial charge is 0.340 e. The Bertz CT molecular complexity index is 1020. The van der Waals surface area contributed by atoms with Crippen molar-refractivity contribution in [2.24, 2.45) is 0 Å². The second-order valence-corrected chi connectivity index (χ2v) is 6.88. The first-order chi connectivity index (χ1) is 13.4. The molecule has 28 heavy (non-hydrogen) atoms. The molecule has 0 saturated carbocycles. The van der Waals surface area contributed by atoms with Gasteiger partial charge in [0.05, 0.1) is 22.8 Å². The maximum absolute atomic E-state index is 12.7. The molecule has 0 aliphatic carbocycles. The van der Waals surface area contributed by atoms with Crippen molar-refractivity contribution in [3.05, 3.63) is 77.0 Å². The van der Waals surface area contributed by atoms with Gasteiger partial charge in [-0.1, -0.05) is 48.5 Å². The summed E-state index contributed by atoms with van der Waals surface area (Å²) in [7, 11) is 1.71. The number of benzene rings is 2. The molecule has 0 bridgehead atoms. The summed E-state index contributed by atoms with van der Waals surface area (Å²) < 4.78 is 5.34. The highest BCUT2D eigenvalue weighted by molar-refractivity contribution is 5.99. The lowest BCUT2D eigenvalue weighted by molar-refractivity contribution is -0.135. The van der Waals surface area contributed by atoms with Crippen molar-refractivity contribution in [1.29, 1.82) is 0 Å². The first-order valence-electron chi connectivity index (χ1n) is 9.23. The van der Waals surface area contributed by atoms with Crippen LogP contribution in [-0.2, 0) is 9.53 Å². The molecule has 0 N–H and O–H groups in total. The molecule has 1 aromatic heterocycles. The normalized spacial score (nSPS) is 11.9. The van der Waals surface area contributed by atoms with Gasteiger partial charge in [0.25, 0.3) is 5.91 Å². The summed E-state index contributed by atoms with van der Waals surface area (Å²) in [6, 6.07) is 17.3. The third-order valence-electron chi connectivity index (χ3n) is 5.12. The highest BCUT2D eigenvalue weighted by atomic mass is 16.5. The number of ether oxygens (including phenoxy) is 1. The fraction of sp³-hybridized carbons (Fsp3) is 0.261. The fourth-order valence-corrected chi connectivity index (χ4v) is 3.30. The fourth-order valence-electron chi connectivity index (χ4n) is 3.30. The lowest BCUT2D eigenvalue weighted by atomic mass is 10.0. The number of pyridine rings is 1. The van der Waals surface area contributed by atoms with Crippen molar-refractivity contribution in [3.8, 4) is 0 Å². The van der Waals surface area contributed by atoms with Crippen molar-refractivity contribution < 1.29 is 14.3 Å². The number of likely N-dealkylation sites (N-methyl/N-ethyl adjacent to an activating group) is 1. The molecule has 1 atom stereocenters. The van der Waals surface area contributed by atoms with Crippen molar-refractivity contribution >= 4 is 22.8 Å². The number of hydrogen-bond donors (Lipinski definition) is 0. The molecule has 1 amide bonds. The lowest BCUT2D eigenvalue weighted by Crippen LogP contribution is -2.33. The van der Waals surface area contributed by atoms with Gasteiger partial charge in [-0.2, -0.15) is 0 Å². The third-order valence-corrected chi connectivity index (χ3v) is 5.12. The van der Waals surface area contributed by atoms with Crippen LogP contribution in [0.15, 0.2) is 54.6 Å². The van der Waals surface area contributed by atoms with Crippen molar-refractivity contribution in [2.45, 2.75) is 26.8 Å². The quantitative estimate of drug-likeness (QED) is 0.625. The Morgan fingerprint density at radius 3 is 2.39 bits per heavy atom. The number of esters is 1. The average Bonchev–Trinajstić information content (AvgIpc) is 2.71. The van der Waals surface area contributed by atoms with Crippen molar-refractivity contribution in [1.82, 2.24) is 9.88 Å². The summed E-state index contributed by atoms with van der Waals surface area (Å²) in [6.07, 6.45) is 0. The van der Waals surface area contributed by atoms with Crippen LogP contribution in [0.2, 0.25) is 0 Å². The number of aromatic nitrogens is 1. The van der Waals surface area contributed by atoms with Crippen molar-refractivity contribution in [2.75, 3.05) is 13.7 Å². The number of nitrogens with zero attached hydrogens (tertiary/aromatic N) is 2. The Morgan fingerprint density at radius 1 is 1.04 bits per heavy atom. The highest BCUT2D eigenvalue weighted by Gasteiger charge is 2.22. The number of amides is 1. The summed E-state index contributed by atoms with van der Waals surface area (Å²) >= 11 is 0. The van der Waals surface area contributed by atoms with Gasteiger partial charge >= 0.3 is 5.97 Å². The van der Waals surface area contributed by atoms with E-state index in [0.29, 0.717) is 11.3 Å². The molecule has 0 fully saturated rings. The van der Waals surface area contributed by atoms with E-state index in [9.17, 15) is 9.59 Å². The van der Waals surface area contributed by atoms with E-state index < -0.39 is 5.97 Å². The van der Waals surface area contributed by atoms with Gasteiger partial charge in [0, 0.05) is 12.4 Å². The van der Waals surface area contributed by atoms with Crippen LogP contribution in [0.1, 0.15) is 40.1 Å². The van der Waals surface area contributed by atoms with Crippen LogP contribution in [0.3, 0.4) is 0 Å². The Kier molecular flexibility index (Phi) is 5.73. The van der Waals surface area contributed by atoms with Gasteiger partial charge in [-0.05, 0) is 38.0 Å². The first-order valence-corrected chi connectivity index (χ1v) is 9.23. The van der Waals surface area contributed by atoms with E-state index >= 15 is 0 Å². The average molecular weight is 376 g/mol. The molecular formula is C23H24N2O3. The van der Waals surface area contributed by atoms with E-state index in [1.54, 1.807) is 18.9 Å². The largest absolute Gasteiger partial charge is 0.452 e. The van der Waals surface area contributed by atoms with E-state index in [1.165, 1.54) is 0 Å². The zero-order valence-corrected chi connectivity index (χ0v) is 16.6. The summed E-state index contributed by atoms with van der Waals surface area (Å²) in [5.74, 6) is -0.781. The second-order valence-electron chi connectivity index (χ2n) is 6.88. The van der Waals surface area contributed by atoms with Crippen LogP contribution >= 0.6 is 0 Å². The molecular weight excluding hydrogens is 352 g/mol. The zero-order valence-electron chi connectivity index (χ0n) is 16.6. The van der Waals surface area contributed by atoms with Gasteiger partial charge in [-0.25, -0.2) is 4.79 Å². The zero-order chi connectivity index (χ0) is 20.3. The molecule has 0 spiro atoms. The molecule has 0 unspecified atom stereocenters. The predicted octanol–water partition coefficient (Wildman–Crippen LogP) is 4.23. The minimum atomic E-state index is -0.526. The van der Waals surface area contributed by atoms with Gasteiger partial charge in [0.1, 0.15) is 0 Å². The molecule has 0 aliphatic heterocycles. The maximum Gasteiger partial charge on any atom is 0.340 e. The third kappa shape index (κ3) is 3.88. The van der Waals surface area contributed by atoms with Crippen LogP contribution < -0.4 is 0 Å². The number of rotatable bonds is 5. The van der Waals surface area contributed by atoms with Gasteiger partial charge < -0.3 is 9.64 Å². The topological polar surface area (TPSA) is 59.5 Å². The Labute approximate surface area is 165 Å². The van der Waals surface area contributed by atoms with Crippen molar-refractivity contribution in [3.63, 3.8) is 0 Å². The van der Waals surface area contributed by atoms with Crippen LogP contribution in [0, 0.1) is 13.8 Å². The van der Waals surface area contributed by atoms with Crippen LogP contribution in [-0.4, -0.2) is 35.4 Å². The summed E-state index contributed by atoms with van der Waals surface area (Å²) in [6.45, 7) is 5.29. The van der Waals surface area contributed by atoms with Crippen LogP contribution in [0.4, 0.5) is 0 Å². The van der Waals surface area contributed by atoms with Gasteiger partial charge in [-0.3, -0.25) is 9.78 Å². The lowest BCUT2D eigenvalue weighted by Gasteiger charge is -2.25. The number of carbonyl (C=O) groups excluding carboxylic acids is 2. The molecule has 3 aromatic rings. The van der Waals surface area contributed by atoms with E-state index in [2.05, 4.69) is 4.98 Å². The molecule has 1 heterocycles. The number of fused-ring (bicyclic) bond motifs is 1. The Hall–Kier alpha value is -3.21. The van der Waals surface area contributed by atoms with Gasteiger partial charge in [0.15, 0.2) is 6.61 Å². The Balaban J connectivity index is 1.72. The summed E-state index contributed by atoms with van der Waals surface area (Å²) in [5, 5.41) is 0.904. The van der Waals surface area contributed by atoms with E-state index in [4.69, 9.17) is 4.74 Å². The SMILES string of the molecule is Cc1nc2ccccc2c(C)c1C(=O)OCC(=O)N(C)[C@H](C)c1ccccc1. The molecule has 5 nitrogen and oxygen atoms in total. The first kappa shape index (κ1) is 19.5. The molecule has 0 radical (unpaired) electrons. The summed E-state index contributed by atoms with van der Waals surface area (Å²) in [4.78, 5) is 31.2. The minimum absolute atomic E-state index is 0.113. The van der Waals surface area contributed by atoms with E-state index in [-0.39, 0.29) is 18.6 Å². The van der Waals surface area contributed by atoms with Crippen LogP contribution in [0.25, 0.3) is 10.9 Å². The number of carbonyl (C=O) groups is 2. The van der Waals surface area contributed by atoms with E-state index in [1.807, 2.05) is 68.4 Å². The Morgan fingerprint density at radius 2 is 1.68 bits per heavy atom. The molecule has 5 heteroatoms. The van der Waals surface area contributed by atoms with Crippen LogP contribution in [0.5, 0.6) is 0 Å². The standard InChI is InChI=1S/C23H24N2O3/c1-15-19-12-8-9-13-20(19)24-16(2)22(15)23(27)28-14-21(26)25(4)17(3)18-10-6-5-7-11-18/h5-13,17H,14H2,1-4H3/t17-/m1/s1. The van der Waals surface area contributed by atoms with E-state index in [0.717, 1.165) is 22.0 Å². The van der Waals surface area contributed by atoms with Gasteiger partial charge in [0.2, 0.25) is 0 Å². The molecule has 3 rings (SSSR count). The second kappa shape index (κ2) is 8.21. The molecule has 144 valence electrons. The molecule has 0 aliphatic rings. The molecule has 2 aromatic carbocycles. The van der Waals surface area contributed by atoms with Gasteiger partial charge in [-0.15, -0.1) is 0 Å². The monoisotopic (exact) mass is 376 g/mol. The maximum atomic E-state index is 12.7. The predicted molar refractivity (Wildman–Crippen MR) is 109 cm³/mol. The number of aryl methyl sites for hydroxylation is 2. The number of hydrogen-bond acceptors (Lipinski definition) is 4. The summed E-state index contributed by atoms with van der Waals surface area (Å²) in [5.41, 5.74) is 3.69. The number of para-hydroxylation sites is 1. The molecule has 0 saturated heterocycles.